The number of ether oxygens (including phenoxy) is 1. The molecule has 0 aliphatic heterocycles. The standard InChI is InChI=1S/C14H17NO2/c1-10-7-8-12(9-13(10)17-2)15-14(16)11-5-3-4-6-11/h3-4,7-9,11H,5-6H2,1-2H3,(H,15,16). The van der Waals surface area contributed by atoms with E-state index in [4.69, 9.17) is 4.74 Å². The van der Waals surface area contributed by atoms with Gasteiger partial charge in [-0.15, -0.1) is 0 Å². The van der Waals surface area contributed by atoms with Gasteiger partial charge in [-0.25, -0.2) is 0 Å². The van der Waals surface area contributed by atoms with Gasteiger partial charge in [0.1, 0.15) is 5.75 Å². The topological polar surface area (TPSA) is 38.3 Å². The van der Waals surface area contributed by atoms with Crippen LogP contribution in [0.2, 0.25) is 0 Å². The molecule has 3 heteroatoms. The third-order valence-corrected chi connectivity index (χ3v) is 3.05. The Morgan fingerprint density at radius 2 is 2.06 bits per heavy atom. The molecule has 17 heavy (non-hydrogen) atoms. The Balaban J connectivity index is 2.05. The lowest BCUT2D eigenvalue weighted by Gasteiger charge is -2.12. The number of nitrogens with one attached hydrogen (secondary N) is 1. The molecule has 0 heterocycles. The number of anilines is 1. The predicted molar refractivity (Wildman–Crippen MR) is 68.2 cm³/mol. The van der Waals surface area contributed by atoms with E-state index < -0.39 is 0 Å². The molecular formula is C14H17NO2. The van der Waals surface area contributed by atoms with Crippen LogP contribution >= 0.6 is 0 Å². The maximum atomic E-state index is 11.9. The van der Waals surface area contributed by atoms with Gasteiger partial charge in [-0.3, -0.25) is 4.79 Å². The highest BCUT2D eigenvalue weighted by Crippen LogP contribution is 2.24. The van der Waals surface area contributed by atoms with E-state index in [0.29, 0.717) is 0 Å². The zero-order valence-electron chi connectivity index (χ0n) is 10.2. The van der Waals surface area contributed by atoms with Crippen LogP contribution in [0.5, 0.6) is 5.75 Å². The number of allylic oxidation sites excluding steroid dienone is 2. The number of hydrogen-bond acceptors (Lipinski definition) is 2. The first-order valence-corrected chi connectivity index (χ1v) is 5.81. The summed E-state index contributed by atoms with van der Waals surface area (Å²) in [7, 11) is 1.63. The Morgan fingerprint density at radius 1 is 1.35 bits per heavy atom. The highest BCUT2D eigenvalue weighted by Gasteiger charge is 2.19. The maximum Gasteiger partial charge on any atom is 0.228 e. The normalized spacial score (nSPS) is 14.9. The van der Waals surface area contributed by atoms with Gasteiger partial charge in [-0.1, -0.05) is 18.2 Å². The zero-order valence-corrected chi connectivity index (χ0v) is 10.2. The summed E-state index contributed by atoms with van der Waals surface area (Å²) in [6.07, 6.45) is 5.80. The van der Waals surface area contributed by atoms with Crippen LogP contribution in [0.3, 0.4) is 0 Å². The molecule has 1 N–H and O–H groups in total. The quantitative estimate of drug-likeness (QED) is 0.812. The summed E-state index contributed by atoms with van der Waals surface area (Å²) >= 11 is 0. The molecule has 1 amide bonds. The molecule has 0 aromatic heterocycles. The monoisotopic (exact) mass is 231 g/mol. The van der Waals surface area contributed by atoms with E-state index in [1.807, 2.05) is 25.1 Å². The summed E-state index contributed by atoms with van der Waals surface area (Å²) in [5.74, 6) is 0.968. The number of benzene rings is 1. The van der Waals surface area contributed by atoms with Crippen LogP contribution in [0.4, 0.5) is 5.69 Å². The van der Waals surface area contributed by atoms with Gasteiger partial charge >= 0.3 is 0 Å². The summed E-state index contributed by atoms with van der Waals surface area (Å²) in [5.41, 5.74) is 1.86. The lowest BCUT2D eigenvalue weighted by molar-refractivity contribution is -0.119. The molecule has 0 saturated carbocycles. The summed E-state index contributed by atoms with van der Waals surface area (Å²) in [6, 6.07) is 5.70. The average Bonchev–Trinajstić information content (AvgIpc) is 2.85. The van der Waals surface area contributed by atoms with Crippen molar-refractivity contribution in [2.45, 2.75) is 19.8 Å². The molecule has 1 aliphatic carbocycles. The number of methoxy groups -OCH3 is 1. The summed E-state index contributed by atoms with van der Waals surface area (Å²) in [4.78, 5) is 11.9. The Kier molecular flexibility index (Phi) is 3.47. The van der Waals surface area contributed by atoms with Crippen molar-refractivity contribution in [3.05, 3.63) is 35.9 Å². The highest BCUT2D eigenvalue weighted by atomic mass is 16.5. The first kappa shape index (κ1) is 11.7. The first-order chi connectivity index (χ1) is 8.20. The van der Waals surface area contributed by atoms with E-state index in [1.54, 1.807) is 7.11 Å². The molecule has 1 aromatic carbocycles. The van der Waals surface area contributed by atoms with Crippen LogP contribution in [0.1, 0.15) is 18.4 Å². The van der Waals surface area contributed by atoms with Gasteiger partial charge < -0.3 is 10.1 Å². The SMILES string of the molecule is COc1cc(NC(=O)C2CC=CC2)ccc1C. The molecule has 90 valence electrons. The number of carbonyl (C=O) groups is 1. The largest absolute Gasteiger partial charge is 0.496 e. The third kappa shape index (κ3) is 2.67. The molecular weight excluding hydrogens is 214 g/mol. The number of carbonyl (C=O) groups excluding carboxylic acids is 1. The van der Waals surface area contributed by atoms with Gasteiger partial charge in [0, 0.05) is 17.7 Å². The second kappa shape index (κ2) is 5.04. The fraction of sp³-hybridized carbons (Fsp3) is 0.357. The van der Waals surface area contributed by atoms with Crippen LogP contribution < -0.4 is 10.1 Å². The van der Waals surface area contributed by atoms with Crippen molar-refractivity contribution in [3.63, 3.8) is 0 Å². The van der Waals surface area contributed by atoms with Crippen molar-refractivity contribution >= 4 is 11.6 Å². The lowest BCUT2D eigenvalue weighted by Crippen LogP contribution is -2.20. The summed E-state index contributed by atoms with van der Waals surface area (Å²) in [5, 5.41) is 2.93. The fourth-order valence-electron chi connectivity index (χ4n) is 1.97. The molecule has 0 saturated heterocycles. The Morgan fingerprint density at radius 3 is 2.71 bits per heavy atom. The Bertz CT molecular complexity index is 444. The molecule has 0 unspecified atom stereocenters. The van der Waals surface area contributed by atoms with Gasteiger partial charge in [0.25, 0.3) is 0 Å². The Hall–Kier alpha value is -1.77. The number of hydrogen-bond donors (Lipinski definition) is 1. The smallest absolute Gasteiger partial charge is 0.228 e. The van der Waals surface area contributed by atoms with Gasteiger partial charge in [-0.2, -0.15) is 0 Å². The third-order valence-electron chi connectivity index (χ3n) is 3.05. The van der Waals surface area contributed by atoms with E-state index >= 15 is 0 Å². The van der Waals surface area contributed by atoms with E-state index in [0.717, 1.165) is 29.8 Å². The number of aryl methyl sites for hydroxylation is 1. The van der Waals surface area contributed by atoms with Crippen molar-refractivity contribution in [3.8, 4) is 5.75 Å². The Labute approximate surface area is 101 Å². The minimum Gasteiger partial charge on any atom is -0.496 e. The van der Waals surface area contributed by atoms with Crippen LogP contribution in [0.25, 0.3) is 0 Å². The predicted octanol–water partition coefficient (Wildman–Crippen LogP) is 2.91. The van der Waals surface area contributed by atoms with Crippen molar-refractivity contribution in [2.24, 2.45) is 5.92 Å². The molecule has 1 aromatic rings. The molecule has 0 atom stereocenters. The van der Waals surface area contributed by atoms with E-state index in [9.17, 15) is 4.79 Å². The fourth-order valence-corrected chi connectivity index (χ4v) is 1.97. The molecule has 0 bridgehead atoms. The zero-order chi connectivity index (χ0) is 12.3. The molecule has 0 radical (unpaired) electrons. The molecule has 1 aliphatic rings. The second-order valence-electron chi connectivity index (χ2n) is 4.31. The van der Waals surface area contributed by atoms with E-state index in [1.165, 1.54) is 0 Å². The van der Waals surface area contributed by atoms with Crippen LogP contribution in [-0.4, -0.2) is 13.0 Å². The molecule has 0 spiro atoms. The van der Waals surface area contributed by atoms with Crippen molar-refractivity contribution in [1.29, 1.82) is 0 Å². The van der Waals surface area contributed by atoms with Gasteiger partial charge in [0.15, 0.2) is 0 Å². The van der Waals surface area contributed by atoms with Gasteiger partial charge in [0.05, 0.1) is 7.11 Å². The highest BCUT2D eigenvalue weighted by molar-refractivity contribution is 5.93. The summed E-state index contributed by atoms with van der Waals surface area (Å²) in [6.45, 7) is 1.98. The first-order valence-electron chi connectivity index (χ1n) is 5.81. The van der Waals surface area contributed by atoms with Gasteiger partial charge in [-0.05, 0) is 31.4 Å². The van der Waals surface area contributed by atoms with Crippen molar-refractivity contribution in [1.82, 2.24) is 0 Å². The van der Waals surface area contributed by atoms with Crippen molar-refractivity contribution in [2.75, 3.05) is 12.4 Å². The lowest BCUT2D eigenvalue weighted by atomic mass is 10.1. The molecule has 0 fully saturated rings. The molecule has 2 rings (SSSR count). The number of amides is 1. The van der Waals surface area contributed by atoms with Gasteiger partial charge in [0.2, 0.25) is 5.91 Å². The van der Waals surface area contributed by atoms with Crippen LogP contribution in [0, 0.1) is 12.8 Å². The minimum atomic E-state index is 0.0842. The van der Waals surface area contributed by atoms with Crippen LogP contribution in [-0.2, 0) is 4.79 Å². The van der Waals surface area contributed by atoms with E-state index in [-0.39, 0.29) is 11.8 Å². The average molecular weight is 231 g/mol. The minimum absolute atomic E-state index is 0.0842. The molecule has 3 nitrogen and oxygen atoms in total. The van der Waals surface area contributed by atoms with E-state index in [2.05, 4.69) is 17.5 Å². The second-order valence-corrected chi connectivity index (χ2v) is 4.31. The maximum absolute atomic E-state index is 11.9. The van der Waals surface area contributed by atoms with Crippen LogP contribution in [0.15, 0.2) is 30.4 Å². The number of rotatable bonds is 3. The van der Waals surface area contributed by atoms with Crippen molar-refractivity contribution < 1.29 is 9.53 Å². The summed E-state index contributed by atoms with van der Waals surface area (Å²) < 4.78 is 5.23.